The molecule has 1 aromatic heterocycles. The molecule has 0 N–H and O–H groups in total. The fraction of sp³-hybridized carbons (Fsp3) is 0.500. The maximum atomic E-state index is 12.8. The van der Waals surface area contributed by atoms with Gasteiger partial charge in [0.15, 0.2) is 0 Å². The first-order valence-corrected chi connectivity index (χ1v) is 10.9. The smallest absolute Gasteiger partial charge is 0.253 e. The molecule has 1 fully saturated rings. The summed E-state index contributed by atoms with van der Waals surface area (Å²) in [5, 5.41) is 0. The number of aromatic nitrogens is 2. The predicted molar refractivity (Wildman–Crippen MR) is 117 cm³/mol. The van der Waals surface area contributed by atoms with Gasteiger partial charge in [-0.25, -0.2) is 9.97 Å². The fourth-order valence-corrected chi connectivity index (χ4v) is 4.18. The lowest BCUT2D eigenvalue weighted by Crippen LogP contribution is -2.39. The number of rotatable bonds is 6. The molecule has 0 aliphatic carbocycles. The number of piperidine rings is 1. The summed E-state index contributed by atoms with van der Waals surface area (Å²) in [6, 6.07) is 9.42. The van der Waals surface area contributed by atoms with Crippen LogP contribution in [-0.2, 0) is 11.2 Å². The first kappa shape index (κ1) is 21.9. The van der Waals surface area contributed by atoms with Gasteiger partial charge in [0.1, 0.15) is 5.82 Å². The van der Waals surface area contributed by atoms with Crippen LogP contribution in [0.4, 0.5) is 0 Å². The second kappa shape index (κ2) is 9.83. The number of hydrogen-bond donors (Lipinski definition) is 0. The molecule has 2 heterocycles. The lowest BCUT2D eigenvalue weighted by molar-refractivity contribution is -0.130. The van der Waals surface area contributed by atoms with E-state index in [1.165, 1.54) is 0 Å². The van der Waals surface area contributed by atoms with Crippen LogP contribution in [0.25, 0.3) is 0 Å². The topological polar surface area (TPSA) is 66.4 Å². The molecule has 160 valence electrons. The minimum atomic E-state index is 0.0650. The number of hydrogen-bond acceptors (Lipinski definition) is 4. The number of amides is 2. The van der Waals surface area contributed by atoms with Crippen molar-refractivity contribution >= 4 is 11.8 Å². The fourth-order valence-electron chi connectivity index (χ4n) is 4.18. The van der Waals surface area contributed by atoms with Gasteiger partial charge in [-0.3, -0.25) is 9.59 Å². The van der Waals surface area contributed by atoms with Gasteiger partial charge in [-0.15, -0.1) is 0 Å². The summed E-state index contributed by atoms with van der Waals surface area (Å²) in [7, 11) is 0. The van der Waals surface area contributed by atoms with Crippen LogP contribution in [0.5, 0.6) is 0 Å². The Balaban J connectivity index is 1.76. The van der Waals surface area contributed by atoms with E-state index >= 15 is 0 Å². The summed E-state index contributed by atoms with van der Waals surface area (Å²) in [5.41, 5.74) is 3.37. The normalized spacial score (nSPS) is 16.4. The van der Waals surface area contributed by atoms with Gasteiger partial charge in [0.2, 0.25) is 5.91 Å². The van der Waals surface area contributed by atoms with Crippen molar-refractivity contribution in [3.05, 3.63) is 58.7 Å². The van der Waals surface area contributed by atoms with Crippen molar-refractivity contribution < 1.29 is 9.59 Å². The van der Waals surface area contributed by atoms with Crippen molar-refractivity contribution in [1.29, 1.82) is 0 Å². The van der Waals surface area contributed by atoms with Crippen molar-refractivity contribution in [3.63, 3.8) is 0 Å². The Labute approximate surface area is 179 Å². The van der Waals surface area contributed by atoms with Crippen molar-refractivity contribution in [2.45, 2.75) is 52.9 Å². The van der Waals surface area contributed by atoms with Crippen molar-refractivity contribution in [2.75, 3.05) is 26.2 Å². The minimum Gasteiger partial charge on any atom is -0.343 e. The molecule has 1 atom stereocenters. The molecule has 2 aromatic rings. The second-order valence-electron chi connectivity index (χ2n) is 7.93. The van der Waals surface area contributed by atoms with Crippen molar-refractivity contribution in [1.82, 2.24) is 19.8 Å². The molecule has 30 heavy (non-hydrogen) atoms. The first-order valence-electron chi connectivity index (χ1n) is 10.9. The zero-order valence-electron chi connectivity index (χ0n) is 18.5. The van der Waals surface area contributed by atoms with E-state index in [0.29, 0.717) is 26.1 Å². The highest BCUT2D eigenvalue weighted by Gasteiger charge is 2.28. The van der Waals surface area contributed by atoms with Crippen molar-refractivity contribution in [3.8, 4) is 0 Å². The first-order chi connectivity index (χ1) is 14.4. The molecule has 6 heteroatoms. The van der Waals surface area contributed by atoms with Crippen LogP contribution >= 0.6 is 0 Å². The largest absolute Gasteiger partial charge is 0.343 e. The summed E-state index contributed by atoms with van der Waals surface area (Å²) >= 11 is 0. The van der Waals surface area contributed by atoms with Crippen molar-refractivity contribution in [2.24, 2.45) is 0 Å². The average Bonchev–Trinajstić information content (AvgIpc) is 2.77. The van der Waals surface area contributed by atoms with Gasteiger partial charge in [0, 0.05) is 54.6 Å². The summed E-state index contributed by atoms with van der Waals surface area (Å²) in [5.74, 6) is 1.08. The van der Waals surface area contributed by atoms with E-state index in [9.17, 15) is 9.59 Å². The zero-order chi connectivity index (χ0) is 21.7. The number of aryl methyl sites for hydroxylation is 2. The Morgan fingerprint density at radius 2 is 1.70 bits per heavy atom. The van der Waals surface area contributed by atoms with E-state index < -0.39 is 0 Å². The SMILES string of the molecule is CCN(CC)C(=O)Cc1c(C)nc(C2CCCN(C(=O)c3ccccc3)C2)nc1C. The third kappa shape index (κ3) is 4.86. The highest BCUT2D eigenvalue weighted by molar-refractivity contribution is 5.94. The third-order valence-corrected chi connectivity index (χ3v) is 5.98. The number of benzene rings is 1. The molecule has 2 amide bonds. The third-order valence-electron chi connectivity index (χ3n) is 5.98. The molecule has 6 nitrogen and oxygen atoms in total. The molecule has 1 aliphatic rings. The summed E-state index contributed by atoms with van der Waals surface area (Å²) < 4.78 is 0. The van der Waals surface area contributed by atoms with E-state index in [4.69, 9.17) is 9.97 Å². The summed E-state index contributed by atoms with van der Waals surface area (Å²) in [6.07, 6.45) is 2.24. The highest BCUT2D eigenvalue weighted by atomic mass is 16.2. The number of carbonyl (C=O) groups excluding carboxylic acids is 2. The van der Waals surface area contributed by atoms with Gasteiger partial charge in [0.25, 0.3) is 5.91 Å². The Morgan fingerprint density at radius 1 is 1.07 bits per heavy atom. The molecule has 1 aromatic carbocycles. The van der Waals surface area contributed by atoms with Gasteiger partial charge >= 0.3 is 0 Å². The highest BCUT2D eigenvalue weighted by Crippen LogP contribution is 2.27. The maximum Gasteiger partial charge on any atom is 0.253 e. The maximum absolute atomic E-state index is 12.8. The molecule has 0 bridgehead atoms. The number of likely N-dealkylation sites (tertiary alicyclic amines) is 1. The number of likely N-dealkylation sites (N-methyl/N-ethyl adjacent to an activating group) is 1. The quantitative estimate of drug-likeness (QED) is 0.733. The molecule has 1 saturated heterocycles. The molecule has 1 aliphatic heterocycles. The van der Waals surface area contributed by atoms with Crippen LogP contribution in [0, 0.1) is 13.8 Å². The van der Waals surface area contributed by atoms with Gasteiger partial charge < -0.3 is 9.80 Å². The van der Waals surface area contributed by atoms with E-state index in [0.717, 1.165) is 47.7 Å². The zero-order valence-corrected chi connectivity index (χ0v) is 18.5. The van der Waals surface area contributed by atoms with Gasteiger partial charge in [0.05, 0.1) is 6.42 Å². The van der Waals surface area contributed by atoms with Gasteiger partial charge in [-0.1, -0.05) is 18.2 Å². The minimum absolute atomic E-state index is 0.0650. The van der Waals surface area contributed by atoms with Gasteiger partial charge in [-0.2, -0.15) is 0 Å². The predicted octanol–water partition coefficient (Wildman–Crippen LogP) is 3.52. The lowest BCUT2D eigenvalue weighted by Gasteiger charge is -2.32. The number of carbonyl (C=O) groups is 2. The van der Waals surface area contributed by atoms with Gasteiger partial charge in [-0.05, 0) is 52.7 Å². The van der Waals surface area contributed by atoms with Crippen LogP contribution < -0.4 is 0 Å². The number of nitrogens with zero attached hydrogens (tertiary/aromatic N) is 4. The summed E-state index contributed by atoms with van der Waals surface area (Å²) in [4.78, 5) is 38.7. The average molecular weight is 409 g/mol. The Hall–Kier alpha value is -2.76. The van der Waals surface area contributed by atoms with Crippen LogP contribution in [0.15, 0.2) is 30.3 Å². The molecule has 1 unspecified atom stereocenters. The molecule has 0 radical (unpaired) electrons. The van der Waals surface area contributed by atoms with E-state index in [2.05, 4.69) is 0 Å². The standard InChI is InChI=1S/C24H32N4O2/c1-5-27(6-2)22(29)15-21-17(3)25-23(26-18(21)4)20-13-10-14-28(16-20)24(30)19-11-8-7-9-12-19/h7-9,11-12,20H,5-6,10,13-16H2,1-4H3. The molecular formula is C24H32N4O2. The van der Waals surface area contributed by atoms with E-state index in [1.807, 2.05) is 67.8 Å². The Morgan fingerprint density at radius 3 is 2.30 bits per heavy atom. The Kier molecular flexibility index (Phi) is 7.19. The second-order valence-corrected chi connectivity index (χ2v) is 7.93. The Bertz CT molecular complexity index is 870. The molecule has 0 spiro atoms. The molecular weight excluding hydrogens is 376 g/mol. The van der Waals surface area contributed by atoms with E-state index in [-0.39, 0.29) is 17.7 Å². The molecule has 0 saturated carbocycles. The van der Waals surface area contributed by atoms with E-state index in [1.54, 1.807) is 0 Å². The monoisotopic (exact) mass is 408 g/mol. The van der Waals surface area contributed by atoms with Crippen LogP contribution in [0.1, 0.15) is 65.7 Å². The van der Waals surface area contributed by atoms with Crippen LogP contribution in [0.3, 0.4) is 0 Å². The molecule has 3 rings (SSSR count). The lowest BCUT2D eigenvalue weighted by atomic mass is 9.95. The van der Waals surface area contributed by atoms with Crippen LogP contribution in [-0.4, -0.2) is 57.8 Å². The van der Waals surface area contributed by atoms with Crippen LogP contribution in [0.2, 0.25) is 0 Å². The summed E-state index contributed by atoms with van der Waals surface area (Å²) in [6.45, 7) is 10.7.